The molecule has 27 heavy (non-hydrogen) atoms. The largest absolute Gasteiger partial charge is 0.495 e. The number of hydrogen-bond donors (Lipinski definition) is 0. The summed E-state index contributed by atoms with van der Waals surface area (Å²) >= 11 is 0. The Bertz CT molecular complexity index is 964. The zero-order chi connectivity index (χ0) is 18.8. The van der Waals surface area contributed by atoms with Crippen LogP contribution in [0.1, 0.15) is 5.69 Å². The first kappa shape index (κ1) is 17.3. The second-order valence-corrected chi connectivity index (χ2v) is 6.56. The molecule has 1 aliphatic rings. The Morgan fingerprint density at radius 3 is 2.67 bits per heavy atom. The number of methoxy groups -OCH3 is 1. The van der Waals surface area contributed by atoms with Crippen molar-refractivity contribution in [2.24, 2.45) is 0 Å². The van der Waals surface area contributed by atoms with Crippen LogP contribution in [-0.4, -0.2) is 53.5 Å². The maximum Gasteiger partial charge on any atom is 0.228 e. The zero-order valence-corrected chi connectivity index (χ0v) is 15.1. The fourth-order valence-corrected chi connectivity index (χ4v) is 3.46. The maximum atomic E-state index is 13.3. The predicted molar refractivity (Wildman–Crippen MR) is 101 cm³/mol. The van der Waals surface area contributed by atoms with Crippen LogP contribution in [0.4, 0.5) is 10.1 Å². The van der Waals surface area contributed by atoms with E-state index in [-0.39, 0.29) is 18.1 Å². The highest BCUT2D eigenvalue weighted by Crippen LogP contribution is 2.28. The van der Waals surface area contributed by atoms with E-state index in [1.54, 1.807) is 23.8 Å². The number of hydrogen-bond acceptors (Lipinski definition) is 4. The molecule has 0 N–H and O–H groups in total. The van der Waals surface area contributed by atoms with Crippen LogP contribution in [0.3, 0.4) is 0 Å². The number of pyridine rings is 1. The van der Waals surface area contributed by atoms with Gasteiger partial charge < -0.3 is 18.9 Å². The average molecular weight is 368 g/mol. The number of anilines is 1. The number of aromatic nitrogens is 2. The van der Waals surface area contributed by atoms with E-state index in [4.69, 9.17) is 4.74 Å². The molecule has 1 saturated heterocycles. The molecular weight excluding hydrogens is 347 g/mol. The molecule has 1 amide bonds. The number of piperazine rings is 1. The molecule has 0 spiro atoms. The van der Waals surface area contributed by atoms with Crippen LogP contribution in [0.5, 0.6) is 5.75 Å². The summed E-state index contributed by atoms with van der Waals surface area (Å²) in [6, 6.07) is 10.9. The summed E-state index contributed by atoms with van der Waals surface area (Å²) in [6.07, 6.45) is 3.29. The monoisotopic (exact) mass is 368 g/mol. The van der Waals surface area contributed by atoms with Gasteiger partial charge in [0.25, 0.3) is 0 Å². The highest BCUT2D eigenvalue weighted by atomic mass is 19.1. The second-order valence-electron chi connectivity index (χ2n) is 6.56. The van der Waals surface area contributed by atoms with Crippen molar-refractivity contribution in [3.63, 3.8) is 0 Å². The van der Waals surface area contributed by atoms with E-state index >= 15 is 0 Å². The molecule has 1 fully saturated rings. The predicted octanol–water partition coefficient (Wildman–Crippen LogP) is 2.37. The van der Waals surface area contributed by atoms with Gasteiger partial charge in [-0.05, 0) is 24.3 Å². The lowest BCUT2D eigenvalue weighted by molar-refractivity contribution is -0.130. The number of para-hydroxylation sites is 2. The second kappa shape index (κ2) is 7.26. The first-order valence-corrected chi connectivity index (χ1v) is 8.93. The molecular formula is C20H21FN4O2. The van der Waals surface area contributed by atoms with Crippen molar-refractivity contribution in [2.75, 3.05) is 38.2 Å². The third-order valence-corrected chi connectivity index (χ3v) is 4.86. The summed E-state index contributed by atoms with van der Waals surface area (Å²) in [7, 11) is 1.67. The number of amides is 1. The molecule has 2 aromatic heterocycles. The van der Waals surface area contributed by atoms with Crippen molar-refractivity contribution in [1.82, 2.24) is 14.3 Å². The highest BCUT2D eigenvalue weighted by Gasteiger charge is 2.23. The van der Waals surface area contributed by atoms with Gasteiger partial charge in [0, 0.05) is 38.6 Å². The normalized spacial score (nSPS) is 14.6. The van der Waals surface area contributed by atoms with Crippen LogP contribution in [0, 0.1) is 5.82 Å². The number of nitrogens with zero attached hydrogens (tertiary/aromatic N) is 4. The van der Waals surface area contributed by atoms with Gasteiger partial charge in [-0.2, -0.15) is 0 Å². The molecule has 1 aliphatic heterocycles. The molecule has 140 valence electrons. The van der Waals surface area contributed by atoms with Gasteiger partial charge in [0.2, 0.25) is 5.91 Å². The van der Waals surface area contributed by atoms with Gasteiger partial charge in [-0.25, -0.2) is 9.37 Å². The van der Waals surface area contributed by atoms with Crippen LogP contribution >= 0.6 is 0 Å². The summed E-state index contributed by atoms with van der Waals surface area (Å²) in [5, 5.41) is 0. The van der Waals surface area contributed by atoms with Crippen molar-refractivity contribution in [3.05, 3.63) is 60.3 Å². The van der Waals surface area contributed by atoms with Crippen molar-refractivity contribution in [1.29, 1.82) is 0 Å². The standard InChI is InChI=1S/C20H21FN4O2/c1-27-18-5-3-2-4-17(18)23-8-10-24(11-9-23)20(26)12-16-14-25-13-15(21)6-7-19(25)22-16/h2-7,13-14H,8-12H2,1H3. The number of carbonyl (C=O) groups excluding carboxylic acids is 1. The molecule has 0 atom stereocenters. The fraction of sp³-hybridized carbons (Fsp3) is 0.300. The number of halogens is 1. The summed E-state index contributed by atoms with van der Waals surface area (Å²) in [4.78, 5) is 21.1. The third kappa shape index (κ3) is 3.58. The van der Waals surface area contributed by atoms with Gasteiger partial charge in [-0.15, -0.1) is 0 Å². The molecule has 7 heteroatoms. The van der Waals surface area contributed by atoms with Gasteiger partial charge in [0.1, 0.15) is 17.2 Å². The summed E-state index contributed by atoms with van der Waals surface area (Å²) in [5.74, 6) is 0.554. The van der Waals surface area contributed by atoms with Crippen LogP contribution in [0.2, 0.25) is 0 Å². The van der Waals surface area contributed by atoms with Crippen LogP contribution < -0.4 is 9.64 Å². The number of fused-ring (bicyclic) bond motifs is 1. The van der Waals surface area contributed by atoms with Crippen LogP contribution in [0.15, 0.2) is 48.8 Å². The Kier molecular flexibility index (Phi) is 4.66. The fourth-order valence-electron chi connectivity index (χ4n) is 3.46. The van der Waals surface area contributed by atoms with Gasteiger partial charge in [0.15, 0.2) is 0 Å². The number of rotatable bonds is 4. The van der Waals surface area contributed by atoms with Crippen molar-refractivity contribution < 1.29 is 13.9 Å². The van der Waals surface area contributed by atoms with E-state index < -0.39 is 0 Å². The van der Waals surface area contributed by atoms with Crippen LogP contribution in [0.25, 0.3) is 5.65 Å². The topological polar surface area (TPSA) is 50.1 Å². The third-order valence-electron chi connectivity index (χ3n) is 4.86. The van der Waals surface area contributed by atoms with E-state index in [0.29, 0.717) is 24.4 Å². The Balaban J connectivity index is 1.39. The minimum atomic E-state index is -0.328. The number of ether oxygens (including phenoxy) is 1. The van der Waals surface area contributed by atoms with Crippen molar-refractivity contribution in [3.8, 4) is 5.75 Å². The molecule has 3 aromatic rings. The zero-order valence-electron chi connectivity index (χ0n) is 15.1. The van der Waals surface area contributed by atoms with E-state index in [1.165, 1.54) is 12.3 Å². The Hall–Kier alpha value is -3.09. The molecule has 0 radical (unpaired) electrons. The minimum Gasteiger partial charge on any atom is -0.495 e. The summed E-state index contributed by atoms with van der Waals surface area (Å²) in [5.41, 5.74) is 2.34. The van der Waals surface area contributed by atoms with Gasteiger partial charge in [-0.3, -0.25) is 4.79 Å². The molecule has 0 bridgehead atoms. The van der Waals surface area contributed by atoms with E-state index in [0.717, 1.165) is 24.5 Å². The molecule has 0 unspecified atom stereocenters. The molecule has 3 heterocycles. The van der Waals surface area contributed by atoms with Crippen molar-refractivity contribution >= 4 is 17.2 Å². The summed E-state index contributed by atoms with van der Waals surface area (Å²) < 4.78 is 20.3. The molecule has 6 nitrogen and oxygen atoms in total. The molecule has 1 aromatic carbocycles. The minimum absolute atomic E-state index is 0.0403. The first-order valence-electron chi connectivity index (χ1n) is 8.93. The van der Waals surface area contributed by atoms with Gasteiger partial charge >= 0.3 is 0 Å². The Morgan fingerprint density at radius 2 is 1.89 bits per heavy atom. The first-order chi connectivity index (χ1) is 13.1. The Morgan fingerprint density at radius 1 is 1.11 bits per heavy atom. The molecule has 4 rings (SSSR count). The lowest BCUT2D eigenvalue weighted by Gasteiger charge is -2.36. The quantitative estimate of drug-likeness (QED) is 0.710. The van der Waals surface area contributed by atoms with Crippen molar-refractivity contribution in [2.45, 2.75) is 6.42 Å². The molecule has 0 aliphatic carbocycles. The smallest absolute Gasteiger partial charge is 0.228 e. The number of imidazole rings is 1. The number of carbonyl (C=O) groups is 1. The van der Waals surface area contributed by atoms with Gasteiger partial charge in [-0.1, -0.05) is 12.1 Å². The van der Waals surface area contributed by atoms with E-state index in [9.17, 15) is 9.18 Å². The number of benzene rings is 1. The SMILES string of the molecule is COc1ccccc1N1CCN(C(=O)Cc2cn3cc(F)ccc3n2)CC1. The maximum absolute atomic E-state index is 13.3. The van der Waals surface area contributed by atoms with Crippen LogP contribution in [-0.2, 0) is 11.2 Å². The Labute approximate surface area is 156 Å². The van der Waals surface area contributed by atoms with E-state index in [2.05, 4.69) is 9.88 Å². The highest BCUT2D eigenvalue weighted by molar-refractivity contribution is 5.79. The lowest BCUT2D eigenvalue weighted by Crippen LogP contribution is -2.49. The lowest BCUT2D eigenvalue weighted by atomic mass is 10.2. The summed E-state index contributed by atoms with van der Waals surface area (Å²) in [6.45, 7) is 2.81. The molecule has 0 saturated carbocycles. The van der Waals surface area contributed by atoms with Gasteiger partial charge in [0.05, 0.1) is 24.9 Å². The van der Waals surface area contributed by atoms with E-state index in [1.807, 2.05) is 29.2 Å². The average Bonchev–Trinajstić information content (AvgIpc) is 3.09.